The smallest absolute Gasteiger partial charge is 0.238 e. The first-order valence-corrected chi connectivity index (χ1v) is 5.98. The van der Waals surface area contributed by atoms with E-state index in [1.807, 2.05) is 0 Å². The standard InChI is InChI=1S/C13H19N3O3/c1-19-7-6-15-9-13(18)16-11-4-2-10(3-5-11)8-12(14)17/h2-5,15H,6-9H2,1H3,(H2,14,17)(H,16,18). The van der Waals surface area contributed by atoms with Gasteiger partial charge in [0, 0.05) is 19.3 Å². The second-order valence-corrected chi connectivity index (χ2v) is 4.06. The van der Waals surface area contributed by atoms with E-state index in [1.54, 1.807) is 31.4 Å². The van der Waals surface area contributed by atoms with Crippen LogP contribution in [0.2, 0.25) is 0 Å². The Labute approximate surface area is 112 Å². The molecule has 0 aliphatic carbocycles. The van der Waals surface area contributed by atoms with Gasteiger partial charge in [-0.2, -0.15) is 0 Å². The Morgan fingerprint density at radius 1 is 1.26 bits per heavy atom. The van der Waals surface area contributed by atoms with Crippen molar-refractivity contribution < 1.29 is 14.3 Å². The Hall–Kier alpha value is -1.92. The molecule has 0 bridgehead atoms. The maximum Gasteiger partial charge on any atom is 0.238 e. The third kappa shape index (κ3) is 6.54. The molecule has 0 aliphatic rings. The van der Waals surface area contributed by atoms with Gasteiger partial charge in [-0.05, 0) is 17.7 Å². The summed E-state index contributed by atoms with van der Waals surface area (Å²) in [5.41, 5.74) is 6.61. The largest absolute Gasteiger partial charge is 0.383 e. The summed E-state index contributed by atoms with van der Waals surface area (Å²) in [5.74, 6) is -0.502. The van der Waals surface area contributed by atoms with Crippen LogP contribution in [0.4, 0.5) is 5.69 Å². The molecule has 0 heterocycles. The van der Waals surface area contributed by atoms with E-state index in [4.69, 9.17) is 10.5 Å². The summed E-state index contributed by atoms with van der Waals surface area (Å²) in [6.07, 6.45) is 0.201. The highest BCUT2D eigenvalue weighted by molar-refractivity contribution is 5.92. The molecule has 0 aliphatic heterocycles. The number of ether oxygens (including phenoxy) is 1. The molecule has 0 aromatic heterocycles. The lowest BCUT2D eigenvalue weighted by molar-refractivity contribution is -0.117. The van der Waals surface area contributed by atoms with E-state index >= 15 is 0 Å². The molecule has 1 rings (SSSR count). The van der Waals surface area contributed by atoms with Gasteiger partial charge in [-0.15, -0.1) is 0 Å². The minimum atomic E-state index is -0.376. The highest BCUT2D eigenvalue weighted by atomic mass is 16.5. The molecule has 104 valence electrons. The number of amides is 2. The summed E-state index contributed by atoms with van der Waals surface area (Å²) in [7, 11) is 1.61. The van der Waals surface area contributed by atoms with Crippen LogP contribution >= 0.6 is 0 Å². The van der Waals surface area contributed by atoms with Gasteiger partial charge < -0.3 is 21.1 Å². The van der Waals surface area contributed by atoms with Crippen molar-refractivity contribution in [2.75, 3.05) is 32.1 Å². The molecule has 4 N–H and O–H groups in total. The summed E-state index contributed by atoms with van der Waals surface area (Å²) >= 11 is 0. The minimum Gasteiger partial charge on any atom is -0.383 e. The molecule has 0 saturated heterocycles. The Morgan fingerprint density at radius 2 is 1.95 bits per heavy atom. The molecule has 1 aromatic carbocycles. The van der Waals surface area contributed by atoms with Crippen molar-refractivity contribution in [1.82, 2.24) is 5.32 Å². The molecule has 0 spiro atoms. The van der Waals surface area contributed by atoms with E-state index in [2.05, 4.69) is 10.6 Å². The average molecular weight is 265 g/mol. The lowest BCUT2D eigenvalue weighted by atomic mass is 10.1. The number of benzene rings is 1. The van der Waals surface area contributed by atoms with Gasteiger partial charge in [0.1, 0.15) is 0 Å². The highest BCUT2D eigenvalue weighted by Crippen LogP contribution is 2.09. The van der Waals surface area contributed by atoms with Crippen LogP contribution in [0.15, 0.2) is 24.3 Å². The molecule has 0 saturated carbocycles. The van der Waals surface area contributed by atoms with E-state index < -0.39 is 0 Å². The average Bonchev–Trinajstić information content (AvgIpc) is 2.36. The Balaban J connectivity index is 2.36. The molecule has 0 radical (unpaired) electrons. The third-order valence-electron chi connectivity index (χ3n) is 2.38. The Bertz CT molecular complexity index is 418. The third-order valence-corrected chi connectivity index (χ3v) is 2.38. The number of carbonyl (C=O) groups is 2. The van der Waals surface area contributed by atoms with Crippen LogP contribution in [0.3, 0.4) is 0 Å². The molecule has 6 nitrogen and oxygen atoms in total. The maximum absolute atomic E-state index is 11.5. The molecule has 0 atom stereocenters. The number of nitrogens with two attached hydrogens (primary N) is 1. The zero-order valence-electron chi connectivity index (χ0n) is 10.9. The topological polar surface area (TPSA) is 93.4 Å². The second-order valence-electron chi connectivity index (χ2n) is 4.06. The molecular weight excluding hydrogens is 246 g/mol. The first kappa shape index (κ1) is 15.1. The predicted molar refractivity (Wildman–Crippen MR) is 72.7 cm³/mol. The molecular formula is C13H19N3O3. The Morgan fingerprint density at radius 3 is 2.53 bits per heavy atom. The van der Waals surface area contributed by atoms with Gasteiger partial charge in [0.05, 0.1) is 19.6 Å². The summed E-state index contributed by atoms with van der Waals surface area (Å²) < 4.78 is 4.85. The van der Waals surface area contributed by atoms with Crippen LogP contribution in [0.5, 0.6) is 0 Å². The van der Waals surface area contributed by atoms with Crippen LogP contribution in [-0.2, 0) is 20.7 Å². The van der Waals surface area contributed by atoms with Crippen LogP contribution in [0.25, 0.3) is 0 Å². The fourth-order valence-corrected chi connectivity index (χ4v) is 1.49. The molecule has 1 aromatic rings. The molecule has 19 heavy (non-hydrogen) atoms. The van der Waals surface area contributed by atoms with Crippen molar-refractivity contribution in [3.05, 3.63) is 29.8 Å². The van der Waals surface area contributed by atoms with Crippen molar-refractivity contribution in [3.63, 3.8) is 0 Å². The summed E-state index contributed by atoms with van der Waals surface area (Å²) in [6.45, 7) is 1.42. The minimum absolute atomic E-state index is 0.126. The monoisotopic (exact) mass is 265 g/mol. The first-order chi connectivity index (χ1) is 9.11. The van der Waals surface area contributed by atoms with E-state index in [-0.39, 0.29) is 24.8 Å². The number of hydrogen-bond acceptors (Lipinski definition) is 4. The van der Waals surface area contributed by atoms with Crippen molar-refractivity contribution in [1.29, 1.82) is 0 Å². The molecule has 0 unspecified atom stereocenters. The van der Waals surface area contributed by atoms with Gasteiger partial charge >= 0.3 is 0 Å². The van der Waals surface area contributed by atoms with E-state index in [1.165, 1.54) is 0 Å². The van der Waals surface area contributed by atoms with E-state index in [9.17, 15) is 9.59 Å². The van der Waals surface area contributed by atoms with Crippen LogP contribution in [0, 0.1) is 0 Å². The zero-order valence-corrected chi connectivity index (χ0v) is 10.9. The molecule has 0 fully saturated rings. The number of anilines is 1. The fourth-order valence-electron chi connectivity index (χ4n) is 1.49. The van der Waals surface area contributed by atoms with Crippen molar-refractivity contribution >= 4 is 17.5 Å². The highest BCUT2D eigenvalue weighted by Gasteiger charge is 2.02. The number of rotatable bonds is 8. The fraction of sp³-hybridized carbons (Fsp3) is 0.385. The van der Waals surface area contributed by atoms with Gasteiger partial charge in [-0.25, -0.2) is 0 Å². The normalized spacial score (nSPS) is 10.2. The van der Waals surface area contributed by atoms with Crippen molar-refractivity contribution in [3.8, 4) is 0 Å². The van der Waals surface area contributed by atoms with Crippen molar-refractivity contribution in [2.24, 2.45) is 5.73 Å². The van der Waals surface area contributed by atoms with Crippen LogP contribution < -0.4 is 16.4 Å². The summed E-state index contributed by atoms with van der Waals surface area (Å²) in [5, 5.41) is 5.69. The first-order valence-electron chi connectivity index (χ1n) is 5.98. The van der Waals surface area contributed by atoms with Crippen LogP contribution in [0.1, 0.15) is 5.56 Å². The number of carbonyl (C=O) groups excluding carboxylic acids is 2. The molecule has 2 amide bonds. The second kappa shape index (κ2) is 8.23. The van der Waals surface area contributed by atoms with E-state index in [0.29, 0.717) is 18.8 Å². The number of methoxy groups -OCH3 is 1. The van der Waals surface area contributed by atoms with Gasteiger partial charge in [-0.1, -0.05) is 12.1 Å². The van der Waals surface area contributed by atoms with Gasteiger partial charge in [0.25, 0.3) is 0 Å². The summed E-state index contributed by atoms with van der Waals surface area (Å²) in [4.78, 5) is 22.3. The SMILES string of the molecule is COCCNCC(=O)Nc1ccc(CC(N)=O)cc1. The lowest BCUT2D eigenvalue weighted by Gasteiger charge is -2.07. The number of nitrogens with one attached hydrogen (secondary N) is 2. The van der Waals surface area contributed by atoms with Gasteiger partial charge in [0.15, 0.2) is 0 Å². The van der Waals surface area contributed by atoms with Crippen LogP contribution in [-0.4, -0.2) is 38.6 Å². The quantitative estimate of drug-likeness (QED) is 0.572. The van der Waals surface area contributed by atoms with Gasteiger partial charge in [-0.3, -0.25) is 9.59 Å². The number of hydrogen-bond donors (Lipinski definition) is 3. The zero-order chi connectivity index (χ0) is 14.1. The number of primary amides is 1. The lowest BCUT2D eigenvalue weighted by Crippen LogP contribution is -2.30. The van der Waals surface area contributed by atoms with E-state index in [0.717, 1.165) is 5.56 Å². The molecule has 6 heteroatoms. The predicted octanol–water partition coefficient (Wildman–Crippen LogP) is -0.111. The summed E-state index contributed by atoms with van der Waals surface area (Å²) in [6, 6.07) is 7.01. The van der Waals surface area contributed by atoms with Crippen molar-refractivity contribution in [2.45, 2.75) is 6.42 Å². The maximum atomic E-state index is 11.5. The Kier molecular flexibility index (Phi) is 6.56. The van der Waals surface area contributed by atoms with Gasteiger partial charge in [0.2, 0.25) is 11.8 Å².